The summed E-state index contributed by atoms with van der Waals surface area (Å²) in [5.74, 6) is 1.34. The van der Waals surface area contributed by atoms with Gasteiger partial charge >= 0.3 is 6.03 Å². The number of aromatic nitrogens is 1. The molecule has 0 spiro atoms. The molecule has 1 N–H and O–H groups in total. The molecule has 2 aliphatic rings. The van der Waals surface area contributed by atoms with E-state index in [1.807, 2.05) is 60.7 Å². The van der Waals surface area contributed by atoms with Crippen molar-refractivity contribution < 1.29 is 19.1 Å². The first kappa shape index (κ1) is 21.0. The lowest BCUT2D eigenvalue weighted by atomic mass is 10.0. The Labute approximate surface area is 192 Å². The van der Waals surface area contributed by atoms with Crippen molar-refractivity contribution in [2.24, 2.45) is 5.41 Å². The van der Waals surface area contributed by atoms with Crippen molar-refractivity contribution in [3.63, 3.8) is 0 Å². The van der Waals surface area contributed by atoms with Gasteiger partial charge in [0.05, 0.1) is 17.6 Å². The topological polar surface area (TPSA) is 80.8 Å². The molecule has 168 valence electrons. The zero-order chi connectivity index (χ0) is 22.8. The van der Waals surface area contributed by atoms with E-state index >= 15 is 0 Å². The third-order valence-electron chi connectivity index (χ3n) is 6.26. The number of fused-ring (bicyclic) bond motifs is 1. The molecule has 7 nitrogen and oxygen atoms in total. The fraction of sp³-hybridized carbons (Fsp3) is 0.269. The molecular formula is C26H25N3O4. The lowest BCUT2D eigenvalue weighted by Gasteiger charge is -2.30. The van der Waals surface area contributed by atoms with Gasteiger partial charge in [0.15, 0.2) is 0 Å². The first-order valence-corrected chi connectivity index (χ1v) is 11.0. The van der Waals surface area contributed by atoms with Crippen molar-refractivity contribution in [3.05, 3.63) is 66.9 Å². The molecule has 1 fully saturated rings. The molecule has 3 aromatic rings. The first-order valence-electron chi connectivity index (χ1n) is 11.0. The van der Waals surface area contributed by atoms with Crippen LogP contribution >= 0.6 is 0 Å². The van der Waals surface area contributed by atoms with Gasteiger partial charge in [0, 0.05) is 23.5 Å². The Morgan fingerprint density at radius 3 is 2.58 bits per heavy atom. The summed E-state index contributed by atoms with van der Waals surface area (Å²) in [5, 5.41) is 2.93. The summed E-state index contributed by atoms with van der Waals surface area (Å²) in [6, 6.07) is 18.7. The summed E-state index contributed by atoms with van der Waals surface area (Å²) in [6.45, 7) is 2.89. The maximum Gasteiger partial charge on any atom is 0.326 e. The molecule has 1 aliphatic carbocycles. The number of carbonyl (C=O) groups excluding carboxylic acids is 2. The van der Waals surface area contributed by atoms with Gasteiger partial charge in [0.2, 0.25) is 5.88 Å². The van der Waals surface area contributed by atoms with Crippen LogP contribution in [0.3, 0.4) is 0 Å². The third kappa shape index (κ3) is 4.39. The molecule has 7 heteroatoms. The van der Waals surface area contributed by atoms with Gasteiger partial charge in [-0.2, -0.15) is 0 Å². The first-order chi connectivity index (χ1) is 16.0. The van der Waals surface area contributed by atoms with Crippen LogP contribution in [0.1, 0.15) is 19.8 Å². The van der Waals surface area contributed by atoms with E-state index < -0.39 is 0 Å². The number of hydrogen-bond donors (Lipinski definition) is 1. The Morgan fingerprint density at radius 1 is 1.09 bits per heavy atom. The van der Waals surface area contributed by atoms with E-state index in [9.17, 15) is 9.59 Å². The van der Waals surface area contributed by atoms with Crippen molar-refractivity contribution in [2.75, 3.05) is 30.0 Å². The molecule has 33 heavy (non-hydrogen) atoms. The predicted molar refractivity (Wildman–Crippen MR) is 126 cm³/mol. The largest absolute Gasteiger partial charge is 0.490 e. The van der Waals surface area contributed by atoms with Crippen molar-refractivity contribution in [1.82, 2.24) is 4.98 Å². The van der Waals surface area contributed by atoms with Crippen LogP contribution in [0, 0.1) is 5.41 Å². The molecule has 2 amide bonds. The second-order valence-electron chi connectivity index (χ2n) is 8.49. The van der Waals surface area contributed by atoms with E-state index in [4.69, 9.17) is 9.47 Å². The van der Waals surface area contributed by atoms with E-state index in [2.05, 4.69) is 10.3 Å². The molecule has 2 aromatic carbocycles. The van der Waals surface area contributed by atoms with Gasteiger partial charge in [-0.05, 0) is 55.7 Å². The standard InChI is InChI=1S/C26H25N3O4/c1-18(30)26(11-12-26)17-33-24-10-8-20(16-27-24)19-7-9-22-23(15-19)32-14-13-29(22)25(31)28-21-5-3-2-4-6-21/h2-10,15-16H,11-14,17H2,1H3,(H,28,31). The summed E-state index contributed by atoms with van der Waals surface area (Å²) in [7, 11) is 0. The zero-order valence-corrected chi connectivity index (χ0v) is 18.4. The lowest BCUT2D eigenvalue weighted by molar-refractivity contribution is -0.123. The average Bonchev–Trinajstić information content (AvgIpc) is 3.64. The number of anilines is 2. The zero-order valence-electron chi connectivity index (χ0n) is 18.4. The highest BCUT2D eigenvalue weighted by molar-refractivity contribution is 6.03. The number of Topliss-reactive ketones (excluding diaryl/α,β-unsaturated/α-hetero) is 1. The van der Waals surface area contributed by atoms with Crippen LogP contribution in [-0.2, 0) is 4.79 Å². The number of nitrogens with zero attached hydrogens (tertiary/aromatic N) is 2. The minimum Gasteiger partial charge on any atom is -0.490 e. The van der Waals surface area contributed by atoms with E-state index in [1.54, 1.807) is 18.0 Å². The molecule has 0 saturated heterocycles. The van der Waals surface area contributed by atoms with Gasteiger partial charge in [-0.25, -0.2) is 9.78 Å². The second kappa shape index (κ2) is 8.58. The smallest absolute Gasteiger partial charge is 0.326 e. The third-order valence-corrected chi connectivity index (χ3v) is 6.26. The molecule has 1 saturated carbocycles. The summed E-state index contributed by atoms with van der Waals surface area (Å²) in [5.41, 5.74) is 3.00. The number of benzene rings is 2. The van der Waals surface area contributed by atoms with Crippen LogP contribution in [-0.4, -0.2) is 36.6 Å². The number of hydrogen-bond acceptors (Lipinski definition) is 5. The minimum absolute atomic E-state index is 0.180. The maximum absolute atomic E-state index is 12.8. The number of rotatable bonds is 6. The molecule has 0 bridgehead atoms. The normalized spacial score (nSPS) is 15.7. The van der Waals surface area contributed by atoms with Crippen LogP contribution in [0.5, 0.6) is 11.6 Å². The van der Waals surface area contributed by atoms with Crippen LogP contribution < -0.4 is 19.7 Å². The van der Waals surface area contributed by atoms with Crippen molar-refractivity contribution >= 4 is 23.2 Å². The van der Waals surface area contributed by atoms with Gasteiger partial charge in [-0.1, -0.05) is 24.3 Å². The molecule has 2 heterocycles. The summed E-state index contributed by atoms with van der Waals surface area (Å²) in [6.07, 6.45) is 3.51. The maximum atomic E-state index is 12.8. The molecular weight excluding hydrogens is 418 g/mol. The Kier molecular flexibility index (Phi) is 5.46. The van der Waals surface area contributed by atoms with Crippen LogP contribution in [0.15, 0.2) is 66.9 Å². The van der Waals surface area contributed by atoms with Gasteiger partial charge in [-0.15, -0.1) is 0 Å². The van der Waals surface area contributed by atoms with Crippen molar-refractivity contribution in [1.29, 1.82) is 0 Å². The summed E-state index contributed by atoms with van der Waals surface area (Å²) in [4.78, 5) is 30.6. The number of nitrogens with one attached hydrogen (secondary N) is 1. The Morgan fingerprint density at radius 2 is 1.88 bits per heavy atom. The summed E-state index contributed by atoms with van der Waals surface area (Å²) < 4.78 is 11.6. The molecule has 0 atom stereocenters. The Balaban J connectivity index is 1.29. The molecule has 1 aromatic heterocycles. The fourth-order valence-electron chi connectivity index (χ4n) is 3.92. The Bertz CT molecular complexity index is 1170. The summed E-state index contributed by atoms with van der Waals surface area (Å²) >= 11 is 0. The number of para-hydroxylation sites is 1. The van der Waals surface area contributed by atoms with Crippen LogP contribution in [0.25, 0.3) is 11.1 Å². The van der Waals surface area contributed by atoms with Gasteiger partial charge in [-0.3, -0.25) is 9.69 Å². The molecule has 1 aliphatic heterocycles. The second-order valence-corrected chi connectivity index (χ2v) is 8.49. The fourth-order valence-corrected chi connectivity index (χ4v) is 3.92. The SMILES string of the molecule is CC(=O)C1(COc2ccc(-c3ccc4c(c3)OCCN4C(=O)Nc3ccccc3)cn2)CC1. The minimum atomic E-state index is -0.311. The van der Waals surface area contributed by atoms with E-state index in [1.165, 1.54) is 0 Å². The van der Waals surface area contributed by atoms with Crippen molar-refractivity contribution in [2.45, 2.75) is 19.8 Å². The highest BCUT2D eigenvalue weighted by Gasteiger charge is 2.48. The lowest BCUT2D eigenvalue weighted by Crippen LogP contribution is -2.40. The highest BCUT2D eigenvalue weighted by Crippen LogP contribution is 2.46. The number of carbonyl (C=O) groups is 2. The number of urea groups is 1. The van der Waals surface area contributed by atoms with Crippen molar-refractivity contribution in [3.8, 4) is 22.8 Å². The Hall–Kier alpha value is -3.87. The highest BCUT2D eigenvalue weighted by atomic mass is 16.5. The van der Waals surface area contributed by atoms with Crippen LogP contribution in [0.4, 0.5) is 16.2 Å². The van der Waals surface area contributed by atoms with E-state index in [0.29, 0.717) is 31.4 Å². The number of pyridine rings is 1. The predicted octanol–water partition coefficient (Wildman–Crippen LogP) is 4.93. The average molecular weight is 444 g/mol. The van der Waals surface area contributed by atoms with E-state index in [0.717, 1.165) is 35.3 Å². The number of amides is 2. The number of ether oxygens (including phenoxy) is 2. The van der Waals surface area contributed by atoms with E-state index in [-0.39, 0.29) is 17.2 Å². The van der Waals surface area contributed by atoms with Crippen LogP contribution in [0.2, 0.25) is 0 Å². The molecule has 0 radical (unpaired) electrons. The molecule has 5 rings (SSSR count). The monoisotopic (exact) mass is 443 g/mol. The van der Waals surface area contributed by atoms with Gasteiger partial charge in [0.1, 0.15) is 24.7 Å². The quantitative estimate of drug-likeness (QED) is 0.584. The van der Waals surface area contributed by atoms with Gasteiger partial charge in [0.25, 0.3) is 0 Å². The number of ketones is 1. The van der Waals surface area contributed by atoms with Gasteiger partial charge < -0.3 is 14.8 Å². The molecule has 0 unspecified atom stereocenters.